The molecule has 6 heteroatoms. The predicted octanol–water partition coefficient (Wildman–Crippen LogP) is 7.59. The van der Waals surface area contributed by atoms with Crippen molar-refractivity contribution in [2.75, 3.05) is 6.61 Å². The quantitative estimate of drug-likeness (QED) is 0.353. The highest BCUT2D eigenvalue weighted by molar-refractivity contribution is 5.71. The van der Waals surface area contributed by atoms with E-state index in [1.807, 2.05) is 13.0 Å². The molecular formula is C29H29F3O3. The van der Waals surface area contributed by atoms with Crippen LogP contribution in [0.2, 0.25) is 0 Å². The molecule has 3 atom stereocenters. The van der Waals surface area contributed by atoms with Gasteiger partial charge in [0, 0.05) is 17.0 Å². The molecule has 1 N–H and O–H groups in total. The predicted molar refractivity (Wildman–Crippen MR) is 130 cm³/mol. The molecule has 3 aromatic carbocycles. The molecule has 1 fully saturated rings. The van der Waals surface area contributed by atoms with Gasteiger partial charge in [-0.1, -0.05) is 49.4 Å². The molecule has 184 valence electrons. The largest absolute Gasteiger partial charge is 0.462 e. The molecule has 0 aromatic heterocycles. The first-order chi connectivity index (χ1) is 16.9. The summed E-state index contributed by atoms with van der Waals surface area (Å²) in [5, 5.41) is 10.0. The highest BCUT2D eigenvalue weighted by Crippen LogP contribution is 2.36. The summed E-state index contributed by atoms with van der Waals surface area (Å²) in [6, 6.07) is 14.7. The zero-order valence-corrected chi connectivity index (χ0v) is 19.8. The van der Waals surface area contributed by atoms with Gasteiger partial charge in [0.2, 0.25) is 5.82 Å². The number of rotatable bonds is 7. The van der Waals surface area contributed by atoms with Crippen LogP contribution in [0.5, 0.6) is 5.75 Å². The zero-order chi connectivity index (χ0) is 24.9. The Morgan fingerprint density at radius 3 is 2.31 bits per heavy atom. The van der Waals surface area contributed by atoms with Crippen molar-refractivity contribution in [3.05, 3.63) is 90.0 Å². The van der Waals surface area contributed by atoms with Crippen molar-refractivity contribution in [3.63, 3.8) is 0 Å². The minimum Gasteiger partial charge on any atom is -0.462 e. The number of hydrogen-bond donors (Lipinski definition) is 1. The van der Waals surface area contributed by atoms with Gasteiger partial charge in [0.25, 0.3) is 0 Å². The number of ether oxygens (including phenoxy) is 2. The van der Waals surface area contributed by atoms with E-state index >= 15 is 0 Å². The summed E-state index contributed by atoms with van der Waals surface area (Å²) in [6.45, 7) is 4.07. The second-order valence-corrected chi connectivity index (χ2v) is 8.78. The maximum Gasteiger partial charge on any atom is 0.201 e. The first kappa shape index (κ1) is 25.0. The van der Waals surface area contributed by atoms with E-state index in [9.17, 15) is 18.3 Å². The molecule has 4 rings (SSSR count). The average molecular weight is 483 g/mol. The Morgan fingerprint density at radius 1 is 0.971 bits per heavy atom. The average Bonchev–Trinajstić information content (AvgIpc) is 2.89. The molecule has 1 heterocycles. The third-order valence-corrected chi connectivity index (χ3v) is 6.53. The van der Waals surface area contributed by atoms with E-state index in [0.29, 0.717) is 36.1 Å². The van der Waals surface area contributed by atoms with Crippen LogP contribution >= 0.6 is 0 Å². The summed E-state index contributed by atoms with van der Waals surface area (Å²) in [4.78, 5) is 0. The van der Waals surface area contributed by atoms with Crippen molar-refractivity contribution in [3.8, 4) is 28.0 Å². The Balaban J connectivity index is 1.49. The van der Waals surface area contributed by atoms with Crippen molar-refractivity contribution in [1.82, 2.24) is 0 Å². The van der Waals surface area contributed by atoms with Gasteiger partial charge in [0.15, 0.2) is 11.6 Å². The van der Waals surface area contributed by atoms with Crippen LogP contribution in [-0.2, 0) is 4.74 Å². The number of halogens is 3. The van der Waals surface area contributed by atoms with Gasteiger partial charge in [0.1, 0.15) is 5.82 Å². The molecule has 1 aliphatic heterocycles. The van der Waals surface area contributed by atoms with Crippen LogP contribution in [0.25, 0.3) is 22.3 Å². The second kappa shape index (κ2) is 11.1. The second-order valence-electron chi connectivity index (χ2n) is 8.78. The fourth-order valence-electron chi connectivity index (χ4n) is 4.45. The molecule has 3 nitrogen and oxygen atoms in total. The van der Waals surface area contributed by atoms with Gasteiger partial charge < -0.3 is 14.6 Å². The maximum atomic E-state index is 15.0. The monoisotopic (exact) mass is 482 g/mol. The zero-order valence-electron chi connectivity index (χ0n) is 19.8. The van der Waals surface area contributed by atoms with Gasteiger partial charge >= 0.3 is 0 Å². The van der Waals surface area contributed by atoms with Crippen LogP contribution < -0.4 is 4.74 Å². The van der Waals surface area contributed by atoms with Crippen molar-refractivity contribution >= 4 is 0 Å². The Bertz CT molecular complexity index is 1180. The van der Waals surface area contributed by atoms with E-state index in [1.54, 1.807) is 43.3 Å². The number of benzene rings is 3. The highest BCUT2D eigenvalue weighted by Gasteiger charge is 2.28. The van der Waals surface area contributed by atoms with E-state index < -0.39 is 11.6 Å². The van der Waals surface area contributed by atoms with Crippen LogP contribution in [0, 0.1) is 23.4 Å². The minimum absolute atomic E-state index is 0.0901. The third-order valence-electron chi connectivity index (χ3n) is 6.53. The molecule has 0 radical (unpaired) electrons. The number of hydrogen-bond acceptors (Lipinski definition) is 3. The van der Waals surface area contributed by atoms with Crippen LogP contribution in [0.1, 0.15) is 44.8 Å². The molecule has 3 aromatic rings. The summed E-state index contributed by atoms with van der Waals surface area (Å²) < 4.78 is 54.8. The van der Waals surface area contributed by atoms with Gasteiger partial charge in [-0.25, -0.2) is 8.78 Å². The van der Waals surface area contributed by atoms with Gasteiger partial charge in [-0.05, 0) is 61.1 Å². The standard InChI is InChI=1S/C29H29F3O3/c1-3-15-34-27-14-12-22(28(31)29(27)32)19-7-5-18(6-8-19)20-9-11-23(24(30)16-20)26-13-10-21(17-35-26)25(33)4-2/h3,5-9,11-12,14-16,21,25-26,33H,4,10,13,17H2,1-2H3/b15-3-. The third kappa shape index (κ3) is 5.44. The first-order valence-electron chi connectivity index (χ1n) is 11.9. The summed E-state index contributed by atoms with van der Waals surface area (Å²) in [7, 11) is 0. The molecule has 0 saturated carbocycles. The Hall–Kier alpha value is -3.09. The lowest BCUT2D eigenvalue weighted by molar-refractivity contribution is -0.0578. The molecule has 0 bridgehead atoms. The van der Waals surface area contributed by atoms with E-state index in [0.717, 1.165) is 12.0 Å². The lowest BCUT2D eigenvalue weighted by Crippen LogP contribution is -2.30. The van der Waals surface area contributed by atoms with E-state index in [-0.39, 0.29) is 35.3 Å². The molecule has 1 saturated heterocycles. The van der Waals surface area contributed by atoms with E-state index in [1.165, 1.54) is 24.5 Å². The smallest absolute Gasteiger partial charge is 0.201 e. The highest BCUT2D eigenvalue weighted by atomic mass is 19.2. The maximum absolute atomic E-state index is 15.0. The Morgan fingerprint density at radius 2 is 1.69 bits per heavy atom. The van der Waals surface area contributed by atoms with Gasteiger partial charge in [0.05, 0.1) is 25.1 Å². The van der Waals surface area contributed by atoms with E-state index in [2.05, 4.69) is 0 Å². The summed E-state index contributed by atoms with van der Waals surface area (Å²) >= 11 is 0. The normalized spacial score (nSPS) is 19.1. The van der Waals surface area contributed by atoms with Crippen molar-refractivity contribution < 1.29 is 27.8 Å². The van der Waals surface area contributed by atoms with Crippen LogP contribution in [-0.4, -0.2) is 17.8 Å². The van der Waals surface area contributed by atoms with Gasteiger partial charge in [-0.2, -0.15) is 4.39 Å². The van der Waals surface area contributed by atoms with Gasteiger partial charge in [-0.15, -0.1) is 0 Å². The minimum atomic E-state index is -1.05. The molecule has 0 spiro atoms. The number of allylic oxidation sites excluding steroid dienone is 1. The molecule has 1 aliphatic rings. The van der Waals surface area contributed by atoms with E-state index in [4.69, 9.17) is 9.47 Å². The summed E-state index contributed by atoms with van der Waals surface area (Å²) in [5.74, 6) is -2.49. The lowest BCUT2D eigenvalue weighted by atomic mass is 9.89. The van der Waals surface area contributed by atoms with Crippen molar-refractivity contribution in [1.29, 1.82) is 0 Å². The van der Waals surface area contributed by atoms with Crippen LogP contribution in [0.15, 0.2) is 66.9 Å². The topological polar surface area (TPSA) is 38.7 Å². The molecule has 3 unspecified atom stereocenters. The Kier molecular flexibility index (Phi) is 7.93. The molecule has 0 amide bonds. The van der Waals surface area contributed by atoms with Crippen molar-refractivity contribution in [2.45, 2.75) is 45.3 Å². The SMILES string of the molecule is C/C=C\Oc1ccc(-c2ccc(-c3ccc(C4CCC(C(O)CC)CO4)c(F)c3)cc2)c(F)c1F. The van der Waals surface area contributed by atoms with Crippen molar-refractivity contribution in [2.24, 2.45) is 5.92 Å². The van der Waals surface area contributed by atoms with Gasteiger partial charge in [-0.3, -0.25) is 0 Å². The fourth-order valence-corrected chi connectivity index (χ4v) is 4.45. The number of aliphatic hydroxyl groups excluding tert-OH is 1. The van der Waals surface area contributed by atoms with Crippen LogP contribution in [0.4, 0.5) is 13.2 Å². The lowest BCUT2D eigenvalue weighted by Gasteiger charge is -2.32. The molecular weight excluding hydrogens is 453 g/mol. The summed E-state index contributed by atoms with van der Waals surface area (Å²) in [6.07, 6.45) is 4.28. The fraction of sp³-hybridized carbons (Fsp3) is 0.310. The Labute approximate surface area is 203 Å². The molecule has 35 heavy (non-hydrogen) atoms. The summed E-state index contributed by atoms with van der Waals surface area (Å²) in [5.41, 5.74) is 2.55. The van der Waals surface area contributed by atoms with Crippen LogP contribution in [0.3, 0.4) is 0 Å². The number of aliphatic hydroxyl groups is 1. The first-order valence-corrected chi connectivity index (χ1v) is 11.9. The molecule has 0 aliphatic carbocycles.